The normalized spacial score (nSPS) is 11.8. The summed E-state index contributed by atoms with van der Waals surface area (Å²) in [5.74, 6) is 0.384. The van der Waals surface area contributed by atoms with Gasteiger partial charge in [-0.15, -0.1) is 0 Å². The van der Waals surface area contributed by atoms with E-state index in [0.29, 0.717) is 35.2 Å². The molecule has 0 saturated carbocycles. The molecule has 0 aliphatic heterocycles. The van der Waals surface area contributed by atoms with E-state index in [-0.39, 0.29) is 24.4 Å². The van der Waals surface area contributed by atoms with Gasteiger partial charge in [0.05, 0.1) is 11.6 Å². The summed E-state index contributed by atoms with van der Waals surface area (Å²) in [5.41, 5.74) is 1.46. The number of halogens is 2. The standard InChI is InChI=1S/C21H26ClFN2O3/c1-5-27-19-11-15(10-17(22)21(19)28-13-20(26)25(3)4)12-24-14(2)16-8-6-7-9-18(16)23/h6-11,14,24H,5,12-13H2,1-4H3/t14-/m1/s1. The van der Waals surface area contributed by atoms with Crippen molar-refractivity contribution in [3.05, 3.63) is 58.4 Å². The zero-order chi connectivity index (χ0) is 20.7. The average molecular weight is 409 g/mol. The molecule has 0 spiro atoms. The van der Waals surface area contributed by atoms with Gasteiger partial charge >= 0.3 is 0 Å². The lowest BCUT2D eigenvalue weighted by atomic mass is 10.1. The fourth-order valence-electron chi connectivity index (χ4n) is 2.60. The summed E-state index contributed by atoms with van der Waals surface area (Å²) < 4.78 is 25.2. The molecule has 1 amide bonds. The van der Waals surface area contributed by atoms with Crippen molar-refractivity contribution in [1.82, 2.24) is 10.2 Å². The molecule has 2 aromatic carbocycles. The van der Waals surface area contributed by atoms with E-state index in [4.69, 9.17) is 21.1 Å². The lowest BCUT2D eigenvalue weighted by molar-refractivity contribution is -0.130. The van der Waals surface area contributed by atoms with Gasteiger partial charge in [-0.2, -0.15) is 0 Å². The maximum Gasteiger partial charge on any atom is 0.259 e. The van der Waals surface area contributed by atoms with Crippen molar-refractivity contribution in [1.29, 1.82) is 0 Å². The molecule has 0 fully saturated rings. The number of ether oxygens (including phenoxy) is 2. The van der Waals surface area contributed by atoms with Crippen LogP contribution in [0.2, 0.25) is 5.02 Å². The third kappa shape index (κ3) is 5.84. The SMILES string of the molecule is CCOc1cc(CN[C@H](C)c2ccccc2F)cc(Cl)c1OCC(=O)N(C)C. The summed E-state index contributed by atoms with van der Waals surface area (Å²) in [5, 5.41) is 3.64. The van der Waals surface area contributed by atoms with Gasteiger partial charge in [-0.1, -0.05) is 29.8 Å². The molecule has 0 saturated heterocycles. The molecule has 152 valence electrons. The van der Waals surface area contributed by atoms with Crippen molar-refractivity contribution in [2.45, 2.75) is 26.4 Å². The van der Waals surface area contributed by atoms with Crippen LogP contribution in [0, 0.1) is 5.82 Å². The smallest absolute Gasteiger partial charge is 0.259 e. The van der Waals surface area contributed by atoms with E-state index in [9.17, 15) is 9.18 Å². The maximum absolute atomic E-state index is 13.9. The number of carbonyl (C=O) groups is 1. The Bertz CT molecular complexity index is 814. The highest BCUT2D eigenvalue weighted by Gasteiger charge is 2.16. The average Bonchev–Trinajstić information content (AvgIpc) is 2.65. The van der Waals surface area contributed by atoms with Crippen LogP contribution in [0.1, 0.15) is 31.0 Å². The van der Waals surface area contributed by atoms with Crippen LogP contribution in [-0.4, -0.2) is 38.1 Å². The van der Waals surface area contributed by atoms with Gasteiger partial charge in [0.2, 0.25) is 0 Å². The lowest BCUT2D eigenvalue weighted by Gasteiger charge is -2.18. The Morgan fingerprint density at radius 1 is 1.25 bits per heavy atom. The van der Waals surface area contributed by atoms with E-state index in [1.54, 1.807) is 32.3 Å². The first-order chi connectivity index (χ1) is 13.3. The predicted molar refractivity (Wildman–Crippen MR) is 108 cm³/mol. The van der Waals surface area contributed by atoms with Crippen LogP contribution in [0.4, 0.5) is 4.39 Å². The van der Waals surface area contributed by atoms with Gasteiger partial charge in [-0.25, -0.2) is 4.39 Å². The molecule has 7 heteroatoms. The minimum atomic E-state index is -0.246. The highest BCUT2D eigenvalue weighted by molar-refractivity contribution is 6.32. The maximum atomic E-state index is 13.9. The second-order valence-corrected chi connectivity index (χ2v) is 6.95. The van der Waals surface area contributed by atoms with Crippen LogP contribution >= 0.6 is 11.6 Å². The van der Waals surface area contributed by atoms with Crippen LogP contribution in [-0.2, 0) is 11.3 Å². The molecule has 0 aliphatic rings. The highest BCUT2D eigenvalue weighted by Crippen LogP contribution is 2.37. The van der Waals surface area contributed by atoms with E-state index < -0.39 is 0 Å². The van der Waals surface area contributed by atoms with E-state index in [1.165, 1.54) is 11.0 Å². The summed E-state index contributed by atoms with van der Waals surface area (Å²) in [4.78, 5) is 13.2. The predicted octanol–water partition coefficient (Wildman–Crippen LogP) is 4.20. The van der Waals surface area contributed by atoms with Crippen molar-refractivity contribution in [2.24, 2.45) is 0 Å². The Morgan fingerprint density at radius 3 is 2.61 bits per heavy atom. The number of carbonyl (C=O) groups excluding carboxylic acids is 1. The van der Waals surface area contributed by atoms with Gasteiger partial charge in [0.1, 0.15) is 5.82 Å². The molecule has 2 aromatic rings. The molecule has 2 rings (SSSR count). The van der Waals surface area contributed by atoms with Gasteiger partial charge in [-0.3, -0.25) is 4.79 Å². The molecular formula is C21H26ClFN2O3. The Kier molecular flexibility index (Phi) is 8.08. The van der Waals surface area contributed by atoms with Crippen LogP contribution in [0.3, 0.4) is 0 Å². The Hall–Kier alpha value is -2.31. The number of nitrogens with one attached hydrogen (secondary N) is 1. The number of benzene rings is 2. The summed E-state index contributed by atoms with van der Waals surface area (Å²) in [6.45, 7) is 4.51. The quantitative estimate of drug-likeness (QED) is 0.675. The van der Waals surface area contributed by atoms with Gasteiger partial charge in [-0.05, 0) is 37.6 Å². The molecule has 0 unspecified atom stereocenters. The van der Waals surface area contributed by atoms with Crippen molar-refractivity contribution >= 4 is 17.5 Å². The zero-order valence-corrected chi connectivity index (χ0v) is 17.3. The second-order valence-electron chi connectivity index (χ2n) is 6.54. The molecule has 1 atom stereocenters. The number of hydrogen-bond donors (Lipinski definition) is 1. The summed E-state index contributed by atoms with van der Waals surface area (Å²) in [6, 6.07) is 10.1. The van der Waals surface area contributed by atoms with Crippen LogP contribution in [0.5, 0.6) is 11.5 Å². The third-order valence-electron chi connectivity index (χ3n) is 4.19. The van der Waals surface area contributed by atoms with Crippen LogP contribution < -0.4 is 14.8 Å². The van der Waals surface area contributed by atoms with Gasteiger partial charge in [0, 0.05) is 32.2 Å². The van der Waals surface area contributed by atoms with E-state index in [2.05, 4.69) is 5.32 Å². The number of likely N-dealkylation sites (N-methyl/N-ethyl adjacent to an activating group) is 1. The molecule has 0 bridgehead atoms. The number of amides is 1. The largest absolute Gasteiger partial charge is 0.490 e. The molecular weight excluding hydrogens is 383 g/mol. The fraction of sp³-hybridized carbons (Fsp3) is 0.381. The fourth-order valence-corrected chi connectivity index (χ4v) is 2.88. The first-order valence-electron chi connectivity index (χ1n) is 9.09. The van der Waals surface area contributed by atoms with Gasteiger partial charge in [0.25, 0.3) is 5.91 Å². The number of rotatable bonds is 9. The first-order valence-corrected chi connectivity index (χ1v) is 9.47. The number of nitrogens with zero attached hydrogens (tertiary/aromatic N) is 1. The second kappa shape index (κ2) is 10.3. The van der Waals surface area contributed by atoms with E-state index >= 15 is 0 Å². The zero-order valence-electron chi connectivity index (χ0n) is 16.6. The summed E-state index contributed by atoms with van der Waals surface area (Å²) >= 11 is 6.37. The third-order valence-corrected chi connectivity index (χ3v) is 4.47. The molecule has 0 aromatic heterocycles. The van der Waals surface area contributed by atoms with Crippen molar-refractivity contribution in [2.75, 3.05) is 27.3 Å². The van der Waals surface area contributed by atoms with Gasteiger partial charge in [0.15, 0.2) is 18.1 Å². The van der Waals surface area contributed by atoms with E-state index in [1.807, 2.05) is 26.0 Å². The topological polar surface area (TPSA) is 50.8 Å². The number of hydrogen-bond acceptors (Lipinski definition) is 4. The van der Waals surface area contributed by atoms with Crippen LogP contribution in [0.15, 0.2) is 36.4 Å². The van der Waals surface area contributed by atoms with Crippen molar-refractivity contribution < 1.29 is 18.7 Å². The molecule has 28 heavy (non-hydrogen) atoms. The summed E-state index contributed by atoms with van der Waals surface area (Å²) in [7, 11) is 3.31. The Balaban J connectivity index is 2.13. The monoisotopic (exact) mass is 408 g/mol. The minimum Gasteiger partial charge on any atom is -0.490 e. The van der Waals surface area contributed by atoms with E-state index in [0.717, 1.165) is 5.56 Å². The van der Waals surface area contributed by atoms with Gasteiger partial charge < -0.3 is 19.7 Å². The van der Waals surface area contributed by atoms with Crippen LogP contribution in [0.25, 0.3) is 0 Å². The minimum absolute atomic E-state index is 0.130. The first kappa shape index (κ1) is 22.0. The molecule has 5 nitrogen and oxygen atoms in total. The molecule has 0 aliphatic carbocycles. The molecule has 0 radical (unpaired) electrons. The molecule has 0 heterocycles. The molecule has 1 N–H and O–H groups in total. The lowest BCUT2D eigenvalue weighted by Crippen LogP contribution is -2.27. The Morgan fingerprint density at radius 2 is 1.96 bits per heavy atom. The highest BCUT2D eigenvalue weighted by atomic mass is 35.5. The summed E-state index contributed by atoms with van der Waals surface area (Å²) in [6.07, 6.45) is 0. The van der Waals surface area contributed by atoms with Crippen molar-refractivity contribution in [3.63, 3.8) is 0 Å². The van der Waals surface area contributed by atoms with Crippen molar-refractivity contribution in [3.8, 4) is 11.5 Å². The Labute approximate surface area is 170 Å².